The minimum absolute atomic E-state index is 0.0838. The molecule has 0 saturated heterocycles. The van der Waals surface area contributed by atoms with Gasteiger partial charge < -0.3 is 0 Å². The van der Waals surface area contributed by atoms with Gasteiger partial charge in [0.1, 0.15) is 5.82 Å². The highest BCUT2D eigenvalue weighted by Gasteiger charge is 2.26. The van der Waals surface area contributed by atoms with Crippen LogP contribution in [-0.4, -0.2) is 0 Å². The predicted molar refractivity (Wildman–Crippen MR) is 81.5 cm³/mol. The van der Waals surface area contributed by atoms with Crippen LogP contribution < -0.4 is 0 Å². The number of benzene rings is 2. The van der Waals surface area contributed by atoms with Gasteiger partial charge in [0.05, 0.1) is 0 Å². The number of hydrogen-bond donors (Lipinski definition) is 0. The number of aryl methyl sites for hydroxylation is 2. The van der Waals surface area contributed by atoms with Gasteiger partial charge in [-0.05, 0) is 66.0 Å². The third-order valence-electron chi connectivity index (χ3n) is 4.55. The van der Waals surface area contributed by atoms with Crippen molar-refractivity contribution in [3.05, 3.63) is 70.0 Å². The van der Waals surface area contributed by atoms with E-state index in [0.717, 1.165) is 30.4 Å². The van der Waals surface area contributed by atoms with E-state index in [2.05, 4.69) is 6.92 Å². The average Bonchev–Trinajstić information content (AvgIpc) is 2.51. The van der Waals surface area contributed by atoms with E-state index in [1.54, 1.807) is 12.1 Å². The van der Waals surface area contributed by atoms with Crippen LogP contribution in [0.3, 0.4) is 0 Å². The fraction of sp³-hybridized carbons (Fsp3) is 0.368. The predicted octanol–water partition coefficient (Wildman–Crippen LogP) is 5.33. The molecule has 116 valence electrons. The summed E-state index contributed by atoms with van der Waals surface area (Å²) in [6.45, 7) is 2.06. The van der Waals surface area contributed by atoms with Crippen LogP contribution in [0.4, 0.5) is 13.2 Å². The van der Waals surface area contributed by atoms with Gasteiger partial charge in [-0.3, -0.25) is 0 Å². The summed E-state index contributed by atoms with van der Waals surface area (Å²) in [5.41, 5.74) is 2.86. The summed E-state index contributed by atoms with van der Waals surface area (Å²) in [6, 6.07) is 8.15. The monoisotopic (exact) mass is 304 g/mol. The zero-order chi connectivity index (χ0) is 15.7. The molecule has 3 rings (SSSR count). The van der Waals surface area contributed by atoms with Crippen molar-refractivity contribution in [1.82, 2.24) is 0 Å². The molecule has 22 heavy (non-hydrogen) atoms. The molecular formula is C19H19F3. The first-order chi connectivity index (χ1) is 10.6. The standard InChI is InChI=1S/C19H19F3/c1-2-3-12-4-8-15(18(21)10-12)14-6-5-13-7-9-17(20)19(22)16(13)11-14/h4,7-10,14H,2-3,5-6,11H2,1H3. The second-order valence-electron chi connectivity index (χ2n) is 6.04. The van der Waals surface area contributed by atoms with Gasteiger partial charge in [-0.15, -0.1) is 0 Å². The molecule has 1 atom stereocenters. The Morgan fingerprint density at radius 2 is 1.86 bits per heavy atom. The Morgan fingerprint density at radius 1 is 1.05 bits per heavy atom. The number of halogens is 3. The molecule has 0 aromatic heterocycles. The van der Waals surface area contributed by atoms with E-state index in [1.807, 2.05) is 12.1 Å². The summed E-state index contributed by atoms with van der Waals surface area (Å²) in [5, 5.41) is 0. The van der Waals surface area contributed by atoms with E-state index in [4.69, 9.17) is 0 Å². The number of rotatable bonds is 3. The van der Waals surface area contributed by atoms with Gasteiger partial charge in [0.15, 0.2) is 11.6 Å². The normalized spacial score (nSPS) is 17.4. The molecule has 0 N–H and O–H groups in total. The number of fused-ring (bicyclic) bond motifs is 1. The topological polar surface area (TPSA) is 0 Å². The second-order valence-corrected chi connectivity index (χ2v) is 6.04. The van der Waals surface area contributed by atoms with Gasteiger partial charge in [0.25, 0.3) is 0 Å². The van der Waals surface area contributed by atoms with Crippen LogP contribution in [0.15, 0.2) is 30.3 Å². The molecule has 0 fully saturated rings. The fourth-order valence-electron chi connectivity index (χ4n) is 3.38. The van der Waals surface area contributed by atoms with E-state index >= 15 is 0 Å². The fourth-order valence-corrected chi connectivity index (χ4v) is 3.38. The summed E-state index contributed by atoms with van der Waals surface area (Å²) in [6.07, 6.45) is 3.61. The van der Waals surface area contributed by atoms with E-state index in [1.165, 1.54) is 6.07 Å². The molecule has 1 aliphatic rings. The molecule has 0 heterocycles. The molecule has 0 aliphatic heterocycles. The Balaban J connectivity index is 1.90. The van der Waals surface area contributed by atoms with Crippen molar-refractivity contribution in [2.24, 2.45) is 0 Å². The minimum Gasteiger partial charge on any atom is -0.207 e. The number of hydrogen-bond acceptors (Lipinski definition) is 0. The lowest BCUT2D eigenvalue weighted by molar-refractivity contribution is 0.470. The maximum atomic E-state index is 14.3. The zero-order valence-electron chi connectivity index (χ0n) is 12.6. The summed E-state index contributed by atoms with van der Waals surface area (Å²) in [7, 11) is 0. The van der Waals surface area contributed by atoms with Crippen molar-refractivity contribution >= 4 is 0 Å². The molecule has 0 amide bonds. The molecule has 0 nitrogen and oxygen atoms in total. The van der Waals surface area contributed by atoms with Crippen molar-refractivity contribution in [3.63, 3.8) is 0 Å². The highest BCUT2D eigenvalue weighted by molar-refractivity contribution is 5.36. The largest absolute Gasteiger partial charge is 0.207 e. The van der Waals surface area contributed by atoms with Crippen LogP contribution in [0.25, 0.3) is 0 Å². The molecule has 2 aromatic carbocycles. The van der Waals surface area contributed by atoms with Crippen LogP contribution in [0.1, 0.15) is 47.9 Å². The maximum absolute atomic E-state index is 14.3. The van der Waals surface area contributed by atoms with Crippen LogP contribution in [0, 0.1) is 17.5 Å². The van der Waals surface area contributed by atoms with Crippen molar-refractivity contribution in [2.75, 3.05) is 0 Å². The maximum Gasteiger partial charge on any atom is 0.162 e. The Bertz CT molecular complexity index is 691. The van der Waals surface area contributed by atoms with Crippen LogP contribution >= 0.6 is 0 Å². The van der Waals surface area contributed by atoms with Crippen molar-refractivity contribution < 1.29 is 13.2 Å². The first kappa shape index (κ1) is 15.1. The Hall–Kier alpha value is -1.77. The molecule has 0 bridgehead atoms. The molecule has 1 unspecified atom stereocenters. The zero-order valence-corrected chi connectivity index (χ0v) is 12.6. The van der Waals surface area contributed by atoms with Gasteiger partial charge in [-0.1, -0.05) is 31.5 Å². The molecule has 0 spiro atoms. The highest BCUT2D eigenvalue weighted by atomic mass is 19.2. The summed E-state index contributed by atoms with van der Waals surface area (Å²) in [5.74, 6) is -1.90. The second kappa shape index (κ2) is 6.15. The molecular weight excluding hydrogens is 285 g/mol. The van der Waals surface area contributed by atoms with Gasteiger partial charge >= 0.3 is 0 Å². The van der Waals surface area contributed by atoms with Gasteiger partial charge in [-0.2, -0.15) is 0 Å². The lowest BCUT2D eigenvalue weighted by Crippen LogP contribution is -2.16. The molecule has 1 aliphatic carbocycles. The summed E-state index contributed by atoms with van der Waals surface area (Å²) < 4.78 is 41.7. The first-order valence-electron chi connectivity index (χ1n) is 7.84. The average molecular weight is 304 g/mol. The minimum atomic E-state index is -0.821. The van der Waals surface area contributed by atoms with E-state index in [-0.39, 0.29) is 11.7 Å². The lowest BCUT2D eigenvalue weighted by atomic mass is 9.79. The van der Waals surface area contributed by atoms with Crippen LogP contribution in [0.2, 0.25) is 0 Å². The third kappa shape index (κ3) is 2.77. The van der Waals surface area contributed by atoms with E-state index in [0.29, 0.717) is 24.0 Å². The smallest absolute Gasteiger partial charge is 0.162 e. The van der Waals surface area contributed by atoms with Crippen LogP contribution in [0.5, 0.6) is 0 Å². The highest BCUT2D eigenvalue weighted by Crippen LogP contribution is 2.35. The Morgan fingerprint density at radius 3 is 2.59 bits per heavy atom. The van der Waals surface area contributed by atoms with E-state index < -0.39 is 11.6 Å². The van der Waals surface area contributed by atoms with Gasteiger partial charge in [0, 0.05) is 0 Å². The SMILES string of the molecule is CCCc1ccc(C2CCc3ccc(F)c(F)c3C2)c(F)c1. The van der Waals surface area contributed by atoms with Gasteiger partial charge in [-0.25, -0.2) is 13.2 Å². The van der Waals surface area contributed by atoms with Crippen LogP contribution in [-0.2, 0) is 19.3 Å². The molecule has 0 radical (unpaired) electrons. The van der Waals surface area contributed by atoms with Crippen molar-refractivity contribution in [1.29, 1.82) is 0 Å². The molecule has 3 heteroatoms. The Labute approximate surface area is 129 Å². The van der Waals surface area contributed by atoms with Gasteiger partial charge in [0.2, 0.25) is 0 Å². The summed E-state index contributed by atoms with van der Waals surface area (Å²) >= 11 is 0. The Kier molecular flexibility index (Phi) is 4.23. The summed E-state index contributed by atoms with van der Waals surface area (Å²) in [4.78, 5) is 0. The molecule has 2 aromatic rings. The quantitative estimate of drug-likeness (QED) is 0.719. The molecule has 0 saturated carbocycles. The van der Waals surface area contributed by atoms with E-state index in [9.17, 15) is 13.2 Å². The van der Waals surface area contributed by atoms with Crippen molar-refractivity contribution in [2.45, 2.75) is 44.9 Å². The first-order valence-corrected chi connectivity index (χ1v) is 7.84. The lowest BCUT2D eigenvalue weighted by Gasteiger charge is -2.26. The third-order valence-corrected chi connectivity index (χ3v) is 4.55. The van der Waals surface area contributed by atoms with Crippen molar-refractivity contribution in [3.8, 4) is 0 Å².